The molecule has 0 N–H and O–H groups in total. The largest absolute Gasteiger partial charge is 0.548 e. The van der Waals surface area contributed by atoms with Crippen molar-refractivity contribution in [1.29, 1.82) is 0 Å². The molecule has 2 unspecified atom stereocenters. The van der Waals surface area contributed by atoms with Crippen LogP contribution in [-0.4, -0.2) is 34.6 Å². The van der Waals surface area contributed by atoms with Crippen molar-refractivity contribution in [3.8, 4) is 11.5 Å². The van der Waals surface area contributed by atoms with Gasteiger partial charge >= 0.3 is 13.7 Å². The van der Waals surface area contributed by atoms with Gasteiger partial charge in [-0.25, -0.2) is 14.0 Å². The van der Waals surface area contributed by atoms with Crippen LogP contribution in [0.1, 0.15) is 20.8 Å². The maximum Gasteiger partial charge on any atom is 0.548 e. The summed E-state index contributed by atoms with van der Waals surface area (Å²) in [6.45, 7) is 5.61. The zero-order valence-corrected chi connectivity index (χ0v) is 18.7. The van der Waals surface area contributed by atoms with E-state index in [2.05, 4.69) is 0 Å². The fourth-order valence-electron chi connectivity index (χ4n) is 3.04. The van der Waals surface area contributed by atoms with Gasteiger partial charge in [0.05, 0.1) is 6.61 Å². The molecule has 0 aliphatic carbocycles. The fraction of sp³-hybridized carbons (Fsp3) is 0.333. The molecule has 1 aliphatic heterocycles. The van der Waals surface area contributed by atoms with E-state index in [0.29, 0.717) is 11.5 Å². The Labute approximate surface area is 181 Å². The molecule has 2 aromatic rings. The van der Waals surface area contributed by atoms with E-state index < -0.39 is 25.9 Å². The van der Waals surface area contributed by atoms with Gasteiger partial charge in [-0.1, -0.05) is 50.2 Å². The number of para-hydroxylation sites is 2. The average Bonchev–Trinajstić information content (AvgIpc) is 3.08. The van der Waals surface area contributed by atoms with E-state index in [1.165, 1.54) is 0 Å². The number of ether oxygens (including phenoxy) is 2. The van der Waals surface area contributed by atoms with E-state index >= 15 is 0 Å². The lowest BCUT2D eigenvalue weighted by Crippen LogP contribution is -2.45. The highest BCUT2D eigenvalue weighted by molar-refractivity contribution is 7.80. The number of rotatable bonds is 8. The van der Waals surface area contributed by atoms with E-state index in [9.17, 15) is 9.36 Å². The highest BCUT2D eigenvalue weighted by atomic mass is 32.1. The molecule has 0 aromatic heterocycles. The first-order valence-corrected chi connectivity index (χ1v) is 11.5. The van der Waals surface area contributed by atoms with Crippen molar-refractivity contribution < 1.29 is 27.9 Å². The summed E-state index contributed by atoms with van der Waals surface area (Å²) in [5, 5.41) is -0.137. The Morgan fingerprint density at radius 3 is 2.00 bits per heavy atom. The predicted molar refractivity (Wildman–Crippen MR) is 116 cm³/mol. The summed E-state index contributed by atoms with van der Waals surface area (Å²) in [6, 6.07) is 16.0. The van der Waals surface area contributed by atoms with Gasteiger partial charge in [0.1, 0.15) is 17.6 Å². The van der Waals surface area contributed by atoms with Gasteiger partial charge in [-0.2, -0.15) is 0 Å². The summed E-state index contributed by atoms with van der Waals surface area (Å²) in [6.07, 6.45) is -0.663. The van der Waals surface area contributed by atoms with Gasteiger partial charge in [0.25, 0.3) is 5.17 Å². The number of carbonyl (C=O) groups is 1. The maximum absolute atomic E-state index is 14.2. The van der Waals surface area contributed by atoms with Crippen LogP contribution in [0.5, 0.6) is 11.5 Å². The molecule has 3 rings (SSSR count). The molecule has 1 saturated heterocycles. The number of nitrogens with zero attached hydrogens (tertiary/aromatic N) is 1. The second-order valence-corrected chi connectivity index (χ2v) is 8.99. The van der Waals surface area contributed by atoms with Gasteiger partial charge in [-0.3, -0.25) is 0 Å². The van der Waals surface area contributed by atoms with Gasteiger partial charge in [-0.05, 0) is 49.3 Å². The average molecular weight is 449 g/mol. The molecule has 0 spiro atoms. The third-order valence-electron chi connectivity index (χ3n) is 4.38. The molecule has 2 aromatic carbocycles. The quantitative estimate of drug-likeness (QED) is 0.322. The van der Waals surface area contributed by atoms with Crippen LogP contribution in [0.4, 0.5) is 0 Å². The number of hydrogen-bond donors (Lipinski definition) is 0. The van der Waals surface area contributed by atoms with Crippen LogP contribution in [0.2, 0.25) is 0 Å². The topological polar surface area (TPSA) is 74.3 Å². The number of hydrogen-bond acceptors (Lipinski definition) is 7. The summed E-state index contributed by atoms with van der Waals surface area (Å²) in [4.78, 5) is 12.8. The SMILES string of the molecule is CCOC(=O)C1C(C(C)C)OC(=S)N1P(=O)(Oc1ccccc1)Oc1ccccc1. The highest BCUT2D eigenvalue weighted by Crippen LogP contribution is 2.56. The minimum Gasteiger partial charge on any atom is -0.464 e. The lowest BCUT2D eigenvalue weighted by molar-refractivity contribution is -0.148. The Kier molecular flexibility index (Phi) is 7.00. The van der Waals surface area contributed by atoms with Crippen LogP contribution in [0.25, 0.3) is 0 Å². The molecule has 0 amide bonds. The van der Waals surface area contributed by atoms with Crippen molar-refractivity contribution in [2.45, 2.75) is 32.9 Å². The van der Waals surface area contributed by atoms with E-state index in [0.717, 1.165) is 4.67 Å². The Hall–Kier alpha value is -2.57. The van der Waals surface area contributed by atoms with Crippen LogP contribution in [0.15, 0.2) is 60.7 Å². The van der Waals surface area contributed by atoms with Crippen molar-refractivity contribution in [3.05, 3.63) is 60.7 Å². The van der Waals surface area contributed by atoms with E-state index in [1.807, 2.05) is 13.8 Å². The molecule has 7 nitrogen and oxygen atoms in total. The second-order valence-electron chi connectivity index (χ2n) is 6.91. The Morgan fingerprint density at radius 2 is 1.57 bits per heavy atom. The normalized spacial score (nSPS) is 18.8. The molecule has 1 fully saturated rings. The Morgan fingerprint density at radius 1 is 1.07 bits per heavy atom. The van der Waals surface area contributed by atoms with Gasteiger partial charge in [0.15, 0.2) is 6.04 Å². The molecule has 0 bridgehead atoms. The van der Waals surface area contributed by atoms with Gasteiger partial charge in [0, 0.05) is 0 Å². The summed E-state index contributed by atoms with van der Waals surface area (Å²) in [7, 11) is -4.21. The van der Waals surface area contributed by atoms with Gasteiger partial charge in [-0.15, -0.1) is 0 Å². The van der Waals surface area contributed by atoms with Crippen LogP contribution >= 0.6 is 20.0 Å². The molecule has 2 atom stereocenters. The zero-order valence-electron chi connectivity index (χ0n) is 17.0. The lowest BCUT2D eigenvalue weighted by Gasteiger charge is -2.30. The number of benzene rings is 2. The number of esters is 1. The molecule has 0 saturated carbocycles. The molecular weight excluding hydrogens is 425 g/mol. The third kappa shape index (κ3) is 4.77. The van der Waals surface area contributed by atoms with Crippen LogP contribution in [0.3, 0.4) is 0 Å². The summed E-state index contributed by atoms with van der Waals surface area (Å²) >= 11 is 5.36. The number of thiocarbonyl (C=S) groups is 1. The fourth-order valence-corrected chi connectivity index (χ4v) is 5.33. The smallest absolute Gasteiger partial charge is 0.464 e. The predicted octanol–water partition coefficient (Wildman–Crippen LogP) is 4.83. The Bertz CT molecular complexity index is 878. The molecular formula is C21H24NO6PS. The minimum absolute atomic E-state index is 0.107. The van der Waals surface area contributed by atoms with Crippen molar-refractivity contribution in [3.63, 3.8) is 0 Å². The maximum atomic E-state index is 14.2. The van der Waals surface area contributed by atoms with E-state index in [1.54, 1.807) is 67.6 Å². The molecule has 1 heterocycles. The van der Waals surface area contributed by atoms with Crippen molar-refractivity contribution in [2.24, 2.45) is 5.92 Å². The third-order valence-corrected chi connectivity index (χ3v) is 6.65. The monoisotopic (exact) mass is 449 g/mol. The lowest BCUT2D eigenvalue weighted by atomic mass is 10.0. The van der Waals surface area contributed by atoms with E-state index in [4.69, 9.17) is 30.7 Å². The second kappa shape index (κ2) is 9.49. The summed E-state index contributed by atoms with van der Waals surface area (Å²) < 4.78 is 37.9. The van der Waals surface area contributed by atoms with Crippen LogP contribution < -0.4 is 9.05 Å². The van der Waals surface area contributed by atoms with E-state index in [-0.39, 0.29) is 17.7 Å². The summed E-state index contributed by atoms with van der Waals surface area (Å²) in [5.74, 6) is -0.112. The molecule has 0 radical (unpaired) electrons. The molecule has 1 aliphatic rings. The molecule has 9 heteroatoms. The van der Waals surface area contributed by atoms with Gasteiger partial charge < -0.3 is 18.5 Å². The number of carbonyl (C=O) groups excluding carboxylic acids is 1. The van der Waals surface area contributed by atoms with Crippen molar-refractivity contribution in [2.75, 3.05) is 6.61 Å². The minimum atomic E-state index is -4.21. The summed E-state index contributed by atoms with van der Waals surface area (Å²) in [5.41, 5.74) is 0. The zero-order chi connectivity index (χ0) is 21.7. The first-order chi connectivity index (χ1) is 14.4. The van der Waals surface area contributed by atoms with Crippen molar-refractivity contribution >= 4 is 31.1 Å². The molecule has 30 heavy (non-hydrogen) atoms. The van der Waals surface area contributed by atoms with Crippen molar-refractivity contribution in [1.82, 2.24) is 4.67 Å². The highest BCUT2D eigenvalue weighted by Gasteiger charge is 2.57. The Balaban J connectivity index is 2.06. The standard InChI is InChI=1S/C21H24NO6PS/c1-4-25-20(23)18-19(15(2)3)26-21(30)22(18)29(24,27-16-11-7-5-8-12-16)28-17-13-9-6-10-14-17/h5-15,18-19H,4H2,1-3H3. The van der Waals surface area contributed by atoms with Crippen LogP contribution in [0, 0.1) is 5.92 Å². The molecule has 160 valence electrons. The van der Waals surface area contributed by atoms with Crippen LogP contribution in [-0.2, 0) is 18.8 Å². The first-order valence-electron chi connectivity index (χ1n) is 9.62. The first kappa shape index (κ1) is 22.1. The van der Waals surface area contributed by atoms with Gasteiger partial charge in [0.2, 0.25) is 0 Å².